The van der Waals surface area contributed by atoms with Crippen molar-refractivity contribution >= 4 is 23.3 Å². The van der Waals surface area contributed by atoms with Gasteiger partial charge in [0, 0.05) is 12.6 Å². The number of anilines is 2. The third-order valence-electron chi connectivity index (χ3n) is 5.33. The zero-order valence-electron chi connectivity index (χ0n) is 17.0. The molecule has 1 aliphatic heterocycles. The van der Waals surface area contributed by atoms with Crippen molar-refractivity contribution < 1.29 is 19.4 Å². The standard InChI is InChI=1S/C24H22N2O4/c1-13-4-5-15(8-14(13)2)9-16-6-7-19-20(10-16)30-21-12-17(23(27)25-3)11-18(24(28)29)22(21)26-19/h4-8,10-12,26H,9H2,1-3H3,(H,25,27)(H,28,29). The molecule has 0 unspecified atom stereocenters. The molecule has 0 bridgehead atoms. The molecule has 1 aliphatic rings. The minimum absolute atomic E-state index is 0.0176. The molecule has 0 spiro atoms. The van der Waals surface area contributed by atoms with Gasteiger partial charge in [0.2, 0.25) is 0 Å². The van der Waals surface area contributed by atoms with E-state index >= 15 is 0 Å². The second-order valence-electron chi connectivity index (χ2n) is 7.43. The molecule has 0 saturated carbocycles. The highest BCUT2D eigenvalue weighted by Crippen LogP contribution is 2.44. The summed E-state index contributed by atoms with van der Waals surface area (Å²) in [5.74, 6) is -0.611. The summed E-state index contributed by atoms with van der Waals surface area (Å²) in [6.07, 6.45) is 0.753. The third-order valence-corrected chi connectivity index (χ3v) is 5.33. The summed E-state index contributed by atoms with van der Waals surface area (Å²) in [7, 11) is 1.50. The monoisotopic (exact) mass is 402 g/mol. The molecular weight excluding hydrogens is 380 g/mol. The van der Waals surface area contributed by atoms with E-state index in [1.807, 2.05) is 18.2 Å². The van der Waals surface area contributed by atoms with Gasteiger partial charge in [0.1, 0.15) is 0 Å². The maximum absolute atomic E-state index is 12.0. The van der Waals surface area contributed by atoms with Crippen LogP contribution >= 0.6 is 0 Å². The molecule has 1 amide bonds. The molecule has 6 nitrogen and oxygen atoms in total. The quantitative estimate of drug-likeness (QED) is 0.456. The summed E-state index contributed by atoms with van der Waals surface area (Å²) in [6, 6.07) is 15.1. The Balaban J connectivity index is 1.68. The number of rotatable bonds is 4. The zero-order valence-corrected chi connectivity index (χ0v) is 17.0. The van der Waals surface area contributed by atoms with Crippen molar-refractivity contribution in [2.45, 2.75) is 20.3 Å². The number of nitrogens with one attached hydrogen (secondary N) is 2. The molecule has 0 atom stereocenters. The van der Waals surface area contributed by atoms with E-state index in [1.54, 1.807) is 6.07 Å². The van der Waals surface area contributed by atoms with Crippen LogP contribution in [0.1, 0.15) is 43.0 Å². The Hall–Kier alpha value is -3.80. The highest BCUT2D eigenvalue weighted by atomic mass is 16.5. The van der Waals surface area contributed by atoms with Gasteiger partial charge in [-0.05, 0) is 66.8 Å². The van der Waals surface area contributed by atoms with Crippen molar-refractivity contribution in [3.8, 4) is 11.5 Å². The lowest BCUT2D eigenvalue weighted by Crippen LogP contribution is -2.19. The predicted octanol–water partition coefficient (Wildman–Crippen LogP) is 4.80. The maximum atomic E-state index is 12.0. The normalized spacial score (nSPS) is 11.6. The number of aromatic carboxylic acids is 1. The minimum atomic E-state index is -1.14. The molecule has 1 heterocycles. The van der Waals surface area contributed by atoms with Crippen LogP contribution in [0.25, 0.3) is 0 Å². The Bertz CT molecular complexity index is 1180. The average molecular weight is 402 g/mol. The molecule has 0 fully saturated rings. The van der Waals surface area contributed by atoms with Crippen LogP contribution in [0, 0.1) is 13.8 Å². The summed E-state index contributed by atoms with van der Waals surface area (Å²) in [5, 5.41) is 15.2. The van der Waals surface area contributed by atoms with Crippen LogP contribution in [0.15, 0.2) is 48.5 Å². The van der Waals surface area contributed by atoms with Crippen LogP contribution < -0.4 is 15.4 Å². The molecule has 0 radical (unpaired) electrons. The van der Waals surface area contributed by atoms with Crippen LogP contribution in [-0.4, -0.2) is 24.0 Å². The molecular formula is C24H22N2O4. The topological polar surface area (TPSA) is 87.7 Å². The van der Waals surface area contributed by atoms with Crippen LogP contribution in [0.4, 0.5) is 11.4 Å². The molecule has 152 valence electrons. The number of carbonyl (C=O) groups is 2. The lowest BCUT2D eigenvalue weighted by Gasteiger charge is -2.24. The number of carboxylic acids is 1. The van der Waals surface area contributed by atoms with Crippen molar-refractivity contribution in [2.75, 3.05) is 12.4 Å². The molecule has 0 saturated heterocycles. The second-order valence-corrected chi connectivity index (χ2v) is 7.43. The van der Waals surface area contributed by atoms with E-state index < -0.39 is 5.97 Å². The van der Waals surface area contributed by atoms with Gasteiger partial charge in [0.25, 0.3) is 5.91 Å². The Morgan fingerprint density at radius 2 is 1.70 bits per heavy atom. The first-order valence-corrected chi connectivity index (χ1v) is 9.63. The van der Waals surface area contributed by atoms with E-state index in [1.165, 1.54) is 29.8 Å². The molecule has 30 heavy (non-hydrogen) atoms. The van der Waals surface area contributed by atoms with Crippen LogP contribution in [0.3, 0.4) is 0 Å². The summed E-state index contributed by atoms with van der Waals surface area (Å²) >= 11 is 0. The number of ether oxygens (including phenoxy) is 1. The Morgan fingerprint density at radius 1 is 0.967 bits per heavy atom. The predicted molar refractivity (Wildman–Crippen MR) is 115 cm³/mol. The molecule has 3 aromatic carbocycles. The molecule has 0 aliphatic carbocycles. The Labute approximate surface area is 174 Å². The SMILES string of the molecule is CNC(=O)c1cc2c(c(C(=O)O)c1)Nc1ccc(Cc3ccc(C)c(C)c3)cc1O2. The lowest BCUT2D eigenvalue weighted by molar-refractivity contribution is 0.0697. The number of fused-ring (bicyclic) bond motifs is 2. The summed E-state index contributed by atoms with van der Waals surface area (Å²) in [5.41, 5.74) is 6.02. The van der Waals surface area contributed by atoms with E-state index in [0.29, 0.717) is 22.9 Å². The van der Waals surface area contributed by atoms with Gasteiger partial charge in [-0.1, -0.05) is 24.3 Å². The first kappa shape index (κ1) is 19.5. The molecule has 6 heteroatoms. The zero-order chi connectivity index (χ0) is 21.4. The first-order valence-electron chi connectivity index (χ1n) is 9.63. The largest absolute Gasteiger partial charge is 0.478 e. The van der Waals surface area contributed by atoms with E-state index in [-0.39, 0.29) is 17.0 Å². The van der Waals surface area contributed by atoms with Crippen LogP contribution in [-0.2, 0) is 6.42 Å². The van der Waals surface area contributed by atoms with Crippen LogP contribution in [0.2, 0.25) is 0 Å². The highest BCUT2D eigenvalue weighted by molar-refractivity contribution is 6.03. The first-order chi connectivity index (χ1) is 14.4. The summed E-state index contributed by atoms with van der Waals surface area (Å²) in [4.78, 5) is 23.8. The average Bonchev–Trinajstić information content (AvgIpc) is 2.73. The molecule has 4 rings (SSSR count). The molecule has 3 aromatic rings. The second kappa shape index (κ2) is 7.55. The minimum Gasteiger partial charge on any atom is -0.478 e. The third kappa shape index (κ3) is 3.59. The number of aryl methyl sites for hydroxylation is 2. The Morgan fingerprint density at radius 3 is 2.40 bits per heavy atom. The van der Waals surface area contributed by atoms with Gasteiger partial charge in [0.15, 0.2) is 11.5 Å². The fourth-order valence-electron chi connectivity index (χ4n) is 3.54. The number of carboxylic acid groups (broad SMARTS) is 1. The number of amides is 1. The van der Waals surface area contributed by atoms with E-state index in [9.17, 15) is 14.7 Å². The van der Waals surface area contributed by atoms with Gasteiger partial charge < -0.3 is 20.5 Å². The van der Waals surface area contributed by atoms with Crippen molar-refractivity contribution in [3.05, 3.63) is 81.9 Å². The van der Waals surface area contributed by atoms with Gasteiger partial charge in [-0.25, -0.2) is 4.79 Å². The number of hydrogen-bond acceptors (Lipinski definition) is 4. The number of carbonyl (C=O) groups excluding carboxylic acids is 1. The van der Waals surface area contributed by atoms with Gasteiger partial charge in [-0.3, -0.25) is 4.79 Å². The van der Waals surface area contributed by atoms with Crippen molar-refractivity contribution in [1.29, 1.82) is 0 Å². The van der Waals surface area contributed by atoms with E-state index in [0.717, 1.165) is 12.0 Å². The fraction of sp³-hybridized carbons (Fsp3) is 0.167. The van der Waals surface area contributed by atoms with Gasteiger partial charge in [-0.15, -0.1) is 0 Å². The number of hydrogen-bond donors (Lipinski definition) is 3. The smallest absolute Gasteiger partial charge is 0.337 e. The molecule has 0 aromatic heterocycles. The van der Waals surface area contributed by atoms with Crippen molar-refractivity contribution in [1.82, 2.24) is 5.32 Å². The van der Waals surface area contributed by atoms with Gasteiger partial charge in [0.05, 0.1) is 16.9 Å². The van der Waals surface area contributed by atoms with Crippen molar-refractivity contribution in [2.24, 2.45) is 0 Å². The van der Waals surface area contributed by atoms with E-state index in [2.05, 4.69) is 42.7 Å². The van der Waals surface area contributed by atoms with Crippen LogP contribution in [0.5, 0.6) is 11.5 Å². The lowest BCUT2D eigenvalue weighted by atomic mass is 9.99. The molecule has 3 N–H and O–H groups in total. The van der Waals surface area contributed by atoms with Gasteiger partial charge in [-0.2, -0.15) is 0 Å². The summed E-state index contributed by atoms with van der Waals surface area (Å²) in [6.45, 7) is 4.19. The van der Waals surface area contributed by atoms with Crippen molar-refractivity contribution in [3.63, 3.8) is 0 Å². The van der Waals surface area contributed by atoms with E-state index in [4.69, 9.17) is 4.74 Å². The number of benzene rings is 3. The fourth-order valence-corrected chi connectivity index (χ4v) is 3.54. The Kier molecular flexibility index (Phi) is 4.91. The van der Waals surface area contributed by atoms with Gasteiger partial charge >= 0.3 is 5.97 Å². The highest BCUT2D eigenvalue weighted by Gasteiger charge is 2.25. The maximum Gasteiger partial charge on any atom is 0.337 e. The summed E-state index contributed by atoms with van der Waals surface area (Å²) < 4.78 is 6.02.